The van der Waals surface area contributed by atoms with Gasteiger partial charge in [-0.05, 0) is 37.8 Å². The summed E-state index contributed by atoms with van der Waals surface area (Å²) in [4.78, 5) is 23.0. The minimum absolute atomic E-state index is 0.152. The lowest BCUT2D eigenvalue weighted by molar-refractivity contribution is -0.140. The first-order valence-corrected chi connectivity index (χ1v) is 9.08. The van der Waals surface area contributed by atoms with Crippen LogP contribution in [0.25, 0.3) is 0 Å². The molecule has 4 nitrogen and oxygen atoms in total. The van der Waals surface area contributed by atoms with Crippen LogP contribution < -0.4 is 0 Å². The zero-order valence-electron chi connectivity index (χ0n) is 15.4. The van der Waals surface area contributed by atoms with Gasteiger partial charge in [-0.15, -0.1) is 0 Å². The van der Waals surface area contributed by atoms with Gasteiger partial charge >= 0.3 is 5.97 Å². The van der Waals surface area contributed by atoms with Crippen molar-refractivity contribution in [3.8, 4) is 0 Å². The number of esters is 1. The Morgan fingerprint density at radius 3 is 2.68 bits per heavy atom. The molecule has 0 radical (unpaired) electrons. The van der Waals surface area contributed by atoms with Crippen molar-refractivity contribution in [1.82, 2.24) is 0 Å². The van der Waals surface area contributed by atoms with Gasteiger partial charge in [0.2, 0.25) is 0 Å². The number of aliphatic hydroxyl groups is 1. The number of carbonyl (C=O) groups excluding carboxylic acids is 2. The van der Waals surface area contributed by atoms with E-state index < -0.39 is 5.60 Å². The van der Waals surface area contributed by atoms with E-state index in [9.17, 15) is 14.7 Å². The summed E-state index contributed by atoms with van der Waals surface area (Å²) in [6.07, 6.45) is 19.1. The van der Waals surface area contributed by atoms with Crippen LogP contribution in [0.3, 0.4) is 0 Å². The molecule has 0 aromatic carbocycles. The van der Waals surface area contributed by atoms with Crippen LogP contribution in [-0.4, -0.2) is 29.6 Å². The molecule has 1 rings (SSSR count). The van der Waals surface area contributed by atoms with Crippen LogP contribution in [0.2, 0.25) is 0 Å². The molecule has 25 heavy (non-hydrogen) atoms. The molecule has 0 bridgehead atoms. The summed E-state index contributed by atoms with van der Waals surface area (Å²) < 4.78 is 4.58. The van der Waals surface area contributed by atoms with Crippen molar-refractivity contribution in [2.24, 2.45) is 0 Å². The maximum absolute atomic E-state index is 12.0. The van der Waals surface area contributed by atoms with E-state index in [4.69, 9.17) is 0 Å². The lowest BCUT2D eigenvalue weighted by Crippen LogP contribution is -2.27. The molecule has 1 N–H and O–H groups in total. The molecule has 4 heteroatoms. The van der Waals surface area contributed by atoms with Crippen LogP contribution in [0.15, 0.2) is 48.1 Å². The SMILES string of the molecule is CCCCC/C=C\C[C@]1(O)C=CC(=O)C1=C/C=C/CCCC(=O)OC. The van der Waals surface area contributed by atoms with Gasteiger partial charge in [0, 0.05) is 18.4 Å². The minimum atomic E-state index is -1.21. The Bertz CT molecular complexity index is 554. The molecule has 1 aliphatic rings. The maximum atomic E-state index is 12.0. The molecule has 0 aliphatic heterocycles. The van der Waals surface area contributed by atoms with E-state index in [1.807, 2.05) is 12.2 Å². The van der Waals surface area contributed by atoms with Gasteiger partial charge in [0.25, 0.3) is 0 Å². The number of hydrogen-bond donors (Lipinski definition) is 1. The highest BCUT2D eigenvalue weighted by molar-refractivity contribution is 6.09. The Kier molecular flexibility index (Phi) is 9.78. The van der Waals surface area contributed by atoms with Crippen molar-refractivity contribution in [1.29, 1.82) is 0 Å². The molecule has 0 aromatic rings. The van der Waals surface area contributed by atoms with Gasteiger partial charge in [0.15, 0.2) is 5.78 Å². The second kappa shape index (κ2) is 11.6. The van der Waals surface area contributed by atoms with Crippen molar-refractivity contribution in [3.05, 3.63) is 48.1 Å². The van der Waals surface area contributed by atoms with Crippen LogP contribution in [0, 0.1) is 0 Å². The summed E-state index contributed by atoms with van der Waals surface area (Å²) in [6, 6.07) is 0. The molecule has 1 aliphatic carbocycles. The monoisotopic (exact) mass is 346 g/mol. The van der Waals surface area contributed by atoms with Gasteiger partial charge in [0.1, 0.15) is 5.60 Å². The summed E-state index contributed by atoms with van der Waals surface area (Å²) in [5.41, 5.74) is -0.816. The zero-order valence-corrected chi connectivity index (χ0v) is 15.4. The smallest absolute Gasteiger partial charge is 0.305 e. The second-order valence-corrected chi connectivity index (χ2v) is 6.27. The Balaban J connectivity index is 2.51. The number of unbranched alkanes of at least 4 members (excludes halogenated alkanes) is 4. The molecule has 0 saturated carbocycles. The number of rotatable bonds is 11. The van der Waals surface area contributed by atoms with E-state index in [-0.39, 0.29) is 11.8 Å². The molecule has 0 amide bonds. The highest BCUT2D eigenvalue weighted by Gasteiger charge is 2.35. The summed E-state index contributed by atoms with van der Waals surface area (Å²) in [6.45, 7) is 2.17. The normalized spacial score (nSPS) is 21.9. The highest BCUT2D eigenvalue weighted by atomic mass is 16.5. The third-order valence-electron chi connectivity index (χ3n) is 4.19. The van der Waals surface area contributed by atoms with Gasteiger partial charge < -0.3 is 9.84 Å². The number of ether oxygens (including phenoxy) is 1. The first-order valence-electron chi connectivity index (χ1n) is 9.08. The second-order valence-electron chi connectivity index (χ2n) is 6.27. The molecule has 0 saturated heterocycles. The summed E-state index contributed by atoms with van der Waals surface area (Å²) in [5, 5.41) is 10.7. The highest BCUT2D eigenvalue weighted by Crippen LogP contribution is 2.30. The van der Waals surface area contributed by atoms with E-state index in [1.54, 1.807) is 18.2 Å². The van der Waals surface area contributed by atoms with Crippen molar-refractivity contribution < 1.29 is 19.4 Å². The summed E-state index contributed by atoms with van der Waals surface area (Å²) in [5.74, 6) is -0.372. The van der Waals surface area contributed by atoms with E-state index in [0.29, 0.717) is 24.8 Å². The lowest BCUT2D eigenvalue weighted by atomic mass is 9.92. The van der Waals surface area contributed by atoms with Crippen molar-refractivity contribution in [2.45, 2.75) is 63.9 Å². The fraction of sp³-hybridized carbons (Fsp3) is 0.524. The number of ketones is 1. The third kappa shape index (κ3) is 7.65. The molecule has 0 spiro atoms. The molecule has 138 valence electrons. The van der Waals surface area contributed by atoms with Crippen LogP contribution in [-0.2, 0) is 14.3 Å². The molecule has 0 fully saturated rings. The molecule has 0 aromatic heterocycles. The average Bonchev–Trinajstić information content (AvgIpc) is 2.89. The van der Waals surface area contributed by atoms with Gasteiger partial charge in [-0.25, -0.2) is 0 Å². The largest absolute Gasteiger partial charge is 0.469 e. The maximum Gasteiger partial charge on any atom is 0.305 e. The van der Waals surface area contributed by atoms with Crippen molar-refractivity contribution >= 4 is 11.8 Å². The van der Waals surface area contributed by atoms with E-state index >= 15 is 0 Å². The van der Waals surface area contributed by atoms with Gasteiger partial charge in [0.05, 0.1) is 7.11 Å². The molecule has 0 unspecified atom stereocenters. The zero-order chi connectivity index (χ0) is 18.5. The Morgan fingerprint density at radius 1 is 1.20 bits per heavy atom. The molecular weight excluding hydrogens is 316 g/mol. The fourth-order valence-electron chi connectivity index (χ4n) is 2.63. The Morgan fingerprint density at radius 2 is 1.96 bits per heavy atom. The minimum Gasteiger partial charge on any atom is -0.469 e. The predicted octanol–water partition coefficient (Wildman–Crippen LogP) is 4.21. The number of hydrogen-bond acceptors (Lipinski definition) is 4. The van der Waals surface area contributed by atoms with E-state index in [0.717, 1.165) is 19.3 Å². The molecule has 1 atom stereocenters. The van der Waals surface area contributed by atoms with Crippen LogP contribution in [0.4, 0.5) is 0 Å². The number of carbonyl (C=O) groups is 2. The standard InChI is InChI=1S/C21H30O4/c1-3-4-5-6-9-12-16-21(24)17-15-19(22)18(21)13-10-7-8-11-14-20(23)25-2/h7,9-10,12-13,15,17,24H,3-6,8,11,14,16H2,1-2H3/b10-7+,12-9-,18-13?/t21-/m0/s1. The van der Waals surface area contributed by atoms with E-state index in [2.05, 4.69) is 17.7 Å². The van der Waals surface area contributed by atoms with Gasteiger partial charge in [-0.1, -0.05) is 50.1 Å². The quantitative estimate of drug-likeness (QED) is 0.263. The average molecular weight is 346 g/mol. The number of methoxy groups -OCH3 is 1. The van der Waals surface area contributed by atoms with E-state index in [1.165, 1.54) is 26.0 Å². The van der Waals surface area contributed by atoms with Crippen molar-refractivity contribution in [2.75, 3.05) is 7.11 Å². The first-order chi connectivity index (χ1) is 12.0. The summed E-state index contributed by atoms with van der Waals surface area (Å²) >= 11 is 0. The predicted molar refractivity (Wildman–Crippen MR) is 100 cm³/mol. The van der Waals surface area contributed by atoms with Crippen LogP contribution in [0.1, 0.15) is 58.3 Å². The third-order valence-corrected chi connectivity index (χ3v) is 4.19. The van der Waals surface area contributed by atoms with Crippen molar-refractivity contribution in [3.63, 3.8) is 0 Å². The molecule has 0 heterocycles. The Hall–Kier alpha value is -1.94. The summed E-state index contributed by atoms with van der Waals surface area (Å²) in [7, 11) is 1.38. The van der Waals surface area contributed by atoms with Crippen LogP contribution >= 0.6 is 0 Å². The first kappa shape index (κ1) is 21.1. The Labute approximate surface area is 151 Å². The van der Waals surface area contributed by atoms with Crippen LogP contribution in [0.5, 0.6) is 0 Å². The lowest BCUT2D eigenvalue weighted by Gasteiger charge is -2.20. The van der Waals surface area contributed by atoms with Gasteiger partial charge in [-0.3, -0.25) is 9.59 Å². The number of allylic oxidation sites excluding steroid dienone is 5. The van der Waals surface area contributed by atoms with Gasteiger partial charge in [-0.2, -0.15) is 0 Å². The fourth-order valence-corrected chi connectivity index (χ4v) is 2.63. The molecular formula is C21H30O4. The topological polar surface area (TPSA) is 63.6 Å².